The summed E-state index contributed by atoms with van der Waals surface area (Å²) in [6, 6.07) is 15.6. The Balaban J connectivity index is 1.70. The molecule has 0 bridgehead atoms. The molecule has 5 heteroatoms. The molecule has 0 aliphatic heterocycles. The Kier molecular flexibility index (Phi) is 6.90. The lowest BCUT2D eigenvalue weighted by molar-refractivity contribution is -0.682. The van der Waals surface area contributed by atoms with Crippen molar-refractivity contribution >= 4 is 29.1 Å². The van der Waals surface area contributed by atoms with Gasteiger partial charge in [-0.15, -0.1) is 0 Å². The average Bonchev–Trinajstić information content (AvgIpc) is 2.52. The van der Waals surface area contributed by atoms with E-state index in [1.165, 1.54) is 0 Å². The molecule has 0 radical (unpaired) electrons. The number of amides is 1. The zero-order valence-corrected chi connectivity index (χ0v) is 14.6. The molecular formula is C18H21Cl2N2O+. The SMILES string of the molecule is C[C@H]([NH2+]CC(=O)NCCc1cccc(Cl)c1)c1cccc(Cl)c1. The van der Waals surface area contributed by atoms with E-state index in [1.54, 1.807) is 0 Å². The van der Waals surface area contributed by atoms with Crippen LogP contribution in [-0.4, -0.2) is 19.0 Å². The Morgan fingerprint density at radius 1 is 1.13 bits per heavy atom. The van der Waals surface area contributed by atoms with Gasteiger partial charge in [0, 0.05) is 22.2 Å². The Morgan fingerprint density at radius 2 is 1.83 bits per heavy atom. The van der Waals surface area contributed by atoms with Gasteiger partial charge in [-0.3, -0.25) is 4.79 Å². The van der Waals surface area contributed by atoms with Crippen molar-refractivity contribution in [2.75, 3.05) is 13.1 Å². The molecule has 0 saturated carbocycles. The van der Waals surface area contributed by atoms with Crippen LogP contribution in [0.25, 0.3) is 0 Å². The summed E-state index contributed by atoms with van der Waals surface area (Å²) >= 11 is 11.9. The van der Waals surface area contributed by atoms with Crippen molar-refractivity contribution in [2.45, 2.75) is 19.4 Å². The molecule has 0 unspecified atom stereocenters. The number of hydrogen-bond acceptors (Lipinski definition) is 1. The summed E-state index contributed by atoms with van der Waals surface area (Å²) in [5.74, 6) is 0.0286. The van der Waals surface area contributed by atoms with Crippen LogP contribution in [0.5, 0.6) is 0 Å². The first-order valence-electron chi connectivity index (χ1n) is 7.64. The van der Waals surface area contributed by atoms with Gasteiger partial charge in [0.05, 0.1) is 0 Å². The van der Waals surface area contributed by atoms with Gasteiger partial charge < -0.3 is 10.6 Å². The maximum atomic E-state index is 11.9. The number of quaternary nitrogens is 1. The number of carbonyl (C=O) groups excluding carboxylic acids is 1. The van der Waals surface area contributed by atoms with Crippen molar-refractivity contribution in [3.63, 3.8) is 0 Å². The molecule has 122 valence electrons. The second kappa shape index (κ2) is 8.92. The smallest absolute Gasteiger partial charge is 0.275 e. The molecule has 0 saturated heterocycles. The summed E-state index contributed by atoms with van der Waals surface area (Å²) < 4.78 is 0. The van der Waals surface area contributed by atoms with Gasteiger partial charge in [0.1, 0.15) is 6.04 Å². The number of rotatable bonds is 7. The fourth-order valence-corrected chi connectivity index (χ4v) is 2.73. The first-order chi connectivity index (χ1) is 11.0. The number of halogens is 2. The molecule has 0 heterocycles. The van der Waals surface area contributed by atoms with E-state index in [4.69, 9.17) is 23.2 Å². The summed E-state index contributed by atoms with van der Waals surface area (Å²) in [4.78, 5) is 11.9. The highest BCUT2D eigenvalue weighted by Crippen LogP contribution is 2.14. The minimum atomic E-state index is 0.0286. The van der Waals surface area contributed by atoms with Crippen molar-refractivity contribution in [3.05, 3.63) is 69.7 Å². The van der Waals surface area contributed by atoms with Gasteiger partial charge >= 0.3 is 0 Å². The van der Waals surface area contributed by atoms with Crippen LogP contribution < -0.4 is 10.6 Å². The summed E-state index contributed by atoms with van der Waals surface area (Å²) in [6.45, 7) is 3.06. The number of nitrogens with one attached hydrogen (secondary N) is 1. The van der Waals surface area contributed by atoms with Crippen molar-refractivity contribution in [1.82, 2.24) is 5.32 Å². The monoisotopic (exact) mass is 351 g/mol. The van der Waals surface area contributed by atoms with Crippen LogP contribution in [0.15, 0.2) is 48.5 Å². The van der Waals surface area contributed by atoms with Crippen molar-refractivity contribution in [2.24, 2.45) is 0 Å². The van der Waals surface area contributed by atoms with E-state index >= 15 is 0 Å². The van der Waals surface area contributed by atoms with Crippen LogP contribution in [0.4, 0.5) is 0 Å². The third kappa shape index (κ3) is 6.22. The van der Waals surface area contributed by atoms with E-state index in [2.05, 4.69) is 12.2 Å². The van der Waals surface area contributed by atoms with E-state index in [0.29, 0.717) is 18.1 Å². The van der Waals surface area contributed by atoms with Gasteiger partial charge in [-0.1, -0.05) is 47.5 Å². The van der Waals surface area contributed by atoms with Crippen LogP contribution in [0, 0.1) is 0 Å². The second-order valence-corrected chi connectivity index (χ2v) is 6.39. The number of benzene rings is 2. The van der Waals surface area contributed by atoms with Gasteiger partial charge in [0.2, 0.25) is 0 Å². The predicted octanol–water partition coefficient (Wildman–Crippen LogP) is 2.98. The van der Waals surface area contributed by atoms with Crippen molar-refractivity contribution in [1.29, 1.82) is 0 Å². The fourth-order valence-electron chi connectivity index (χ4n) is 2.32. The highest BCUT2D eigenvalue weighted by Gasteiger charge is 2.11. The molecule has 1 atom stereocenters. The molecule has 0 fully saturated rings. The maximum Gasteiger partial charge on any atom is 0.275 e. The van der Waals surface area contributed by atoms with E-state index < -0.39 is 0 Å². The summed E-state index contributed by atoms with van der Waals surface area (Å²) in [5.41, 5.74) is 2.23. The van der Waals surface area contributed by atoms with Crippen LogP contribution in [0.2, 0.25) is 10.0 Å². The first-order valence-corrected chi connectivity index (χ1v) is 8.40. The molecule has 2 aromatic rings. The van der Waals surface area contributed by atoms with Gasteiger partial charge in [-0.2, -0.15) is 0 Å². The Bertz CT molecular complexity index is 661. The molecule has 3 nitrogen and oxygen atoms in total. The summed E-state index contributed by atoms with van der Waals surface area (Å²) in [5, 5.41) is 6.37. The van der Waals surface area contributed by atoms with E-state index in [1.807, 2.05) is 53.8 Å². The standard InChI is InChI=1S/C18H20Cl2N2O/c1-13(15-5-3-7-17(20)11-15)22-12-18(23)21-9-8-14-4-2-6-16(19)10-14/h2-7,10-11,13,22H,8-9,12H2,1H3,(H,21,23)/p+1/t13-/m0/s1. The zero-order chi connectivity index (χ0) is 16.7. The minimum absolute atomic E-state index is 0.0286. The molecule has 23 heavy (non-hydrogen) atoms. The first kappa shape index (κ1) is 17.8. The molecule has 2 aromatic carbocycles. The minimum Gasteiger partial charge on any atom is -0.351 e. The lowest BCUT2D eigenvalue weighted by Crippen LogP contribution is -2.87. The Labute approximate surface area is 147 Å². The molecule has 2 rings (SSSR count). The topological polar surface area (TPSA) is 45.7 Å². The molecule has 0 aliphatic carbocycles. The normalized spacial score (nSPS) is 12.0. The predicted molar refractivity (Wildman–Crippen MR) is 94.8 cm³/mol. The van der Waals surface area contributed by atoms with Crippen molar-refractivity contribution < 1.29 is 10.1 Å². The number of hydrogen-bond donors (Lipinski definition) is 2. The van der Waals surface area contributed by atoms with Gasteiger partial charge in [0.25, 0.3) is 5.91 Å². The third-order valence-corrected chi connectivity index (χ3v) is 4.13. The number of nitrogens with two attached hydrogens (primary N) is 1. The molecular weight excluding hydrogens is 331 g/mol. The van der Waals surface area contributed by atoms with Gasteiger partial charge in [-0.25, -0.2) is 0 Å². The van der Waals surface area contributed by atoms with E-state index in [0.717, 1.165) is 22.6 Å². The van der Waals surface area contributed by atoms with Crippen LogP contribution in [0.1, 0.15) is 24.1 Å². The van der Waals surface area contributed by atoms with E-state index in [-0.39, 0.29) is 11.9 Å². The molecule has 3 N–H and O–H groups in total. The highest BCUT2D eigenvalue weighted by molar-refractivity contribution is 6.30. The van der Waals surface area contributed by atoms with Crippen LogP contribution in [-0.2, 0) is 11.2 Å². The average molecular weight is 352 g/mol. The fraction of sp³-hybridized carbons (Fsp3) is 0.278. The molecule has 0 aliphatic rings. The zero-order valence-electron chi connectivity index (χ0n) is 13.1. The van der Waals surface area contributed by atoms with Crippen LogP contribution >= 0.6 is 23.2 Å². The largest absolute Gasteiger partial charge is 0.351 e. The van der Waals surface area contributed by atoms with Gasteiger partial charge in [0.15, 0.2) is 6.54 Å². The second-order valence-electron chi connectivity index (χ2n) is 5.51. The Morgan fingerprint density at radius 3 is 2.52 bits per heavy atom. The molecule has 0 spiro atoms. The quantitative estimate of drug-likeness (QED) is 0.791. The van der Waals surface area contributed by atoms with Crippen molar-refractivity contribution in [3.8, 4) is 0 Å². The maximum absolute atomic E-state index is 11.9. The highest BCUT2D eigenvalue weighted by atomic mass is 35.5. The van der Waals surface area contributed by atoms with Gasteiger partial charge in [-0.05, 0) is 43.2 Å². The Hall–Kier alpha value is -1.55. The van der Waals surface area contributed by atoms with Crippen LogP contribution in [0.3, 0.4) is 0 Å². The summed E-state index contributed by atoms with van der Waals surface area (Å²) in [7, 11) is 0. The molecule has 0 aromatic heterocycles. The lowest BCUT2D eigenvalue weighted by Gasteiger charge is -2.11. The number of carbonyl (C=O) groups is 1. The summed E-state index contributed by atoms with van der Waals surface area (Å²) in [6.07, 6.45) is 0.774. The van der Waals surface area contributed by atoms with E-state index in [9.17, 15) is 4.79 Å². The third-order valence-electron chi connectivity index (χ3n) is 3.66. The molecule has 1 amide bonds. The lowest BCUT2D eigenvalue weighted by atomic mass is 10.1.